The van der Waals surface area contributed by atoms with Gasteiger partial charge in [0.1, 0.15) is 0 Å². The van der Waals surface area contributed by atoms with Crippen molar-refractivity contribution < 1.29 is 0 Å². The summed E-state index contributed by atoms with van der Waals surface area (Å²) in [6, 6.07) is 7.31. The number of anilines is 1. The maximum Gasteiger partial charge on any atom is 0.0660 e. The highest BCUT2D eigenvalue weighted by Gasteiger charge is 2.22. The average molecular weight is 462 g/mol. The second kappa shape index (κ2) is 5.97. The molecule has 0 radical (unpaired) electrons. The quantitative estimate of drug-likeness (QED) is 0.523. The first-order chi connectivity index (χ1) is 9.54. The summed E-state index contributed by atoms with van der Waals surface area (Å²) in [5.74, 6) is 0. The third-order valence-corrected chi connectivity index (χ3v) is 7.08. The summed E-state index contributed by atoms with van der Waals surface area (Å²) in [6.45, 7) is 4.31. The minimum absolute atomic E-state index is 0.471. The fourth-order valence-corrected chi connectivity index (χ4v) is 5.25. The van der Waals surface area contributed by atoms with E-state index in [2.05, 4.69) is 75.9 Å². The van der Waals surface area contributed by atoms with Crippen molar-refractivity contribution in [3.05, 3.63) is 47.1 Å². The van der Waals surface area contributed by atoms with Gasteiger partial charge in [-0.15, -0.1) is 11.3 Å². The van der Waals surface area contributed by atoms with Crippen molar-refractivity contribution in [2.75, 3.05) is 5.32 Å². The lowest BCUT2D eigenvalue weighted by Gasteiger charge is -2.25. The highest BCUT2D eigenvalue weighted by Crippen LogP contribution is 2.38. The fraction of sp³-hybridized carbons (Fsp3) is 0.375. The summed E-state index contributed by atoms with van der Waals surface area (Å²) in [5.41, 5.74) is 5.35. The van der Waals surface area contributed by atoms with Crippen LogP contribution in [0.5, 0.6) is 0 Å². The monoisotopic (exact) mass is 461 g/mol. The van der Waals surface area contributed by atoms with E-state index < -0.39 is 0 Å². The van der Waals surface area contributed by atoms with Crippen molar-refractivity contribution in [3.8, 4) is 0 Å². The molecule has 1 nitrogen and oxygen atoms in total. The van der Waals surface area contributed by atoms with Crippen molar-refractivity contribution in [3.63, 3.8) is 0 Å². The van der Waals surface area contributed by atoms with Gasteiger partial charge in [-0.25, -0.2) is 0 Å². The van der Waals surface area contributed by atoms with Gasteiger partial charge in [-0.05, 0) is 90.6 Å². The fourth-order valence-electron chi connectivity index (χ4n) is 2.90. The molecule has 0 saturated carbocycles. The maximum absolute atomic E-state index is 3.74. The molecule has 1 unspecified atom stereocenters. The molecule has 1 aliphatic rings. The Hall–Kier alpha value is -0.0700. The molecule has 1 aromatic carbocycles. The second-order valence-electron chi connectivity index (χ2n) is 5.44. The number of aryl methyl sites for hydroxylation is 3. The van der Waals surface area contributed by atoms with Crippen LogP contribution in [0.3, 0.4) is 0 Å². The molecule has 4 heteroatoms. The Morgan fingerprint density at radius 1 is 1.25 bits per heavy atom. The SMILES string of the molecule is Cc1cc(NC2CCCc3sc(I)cc32)cc(C)c1Br. The second-order valence-corrected chi connectivity index (χ2v) is 9.27. The smallest absolute Gasteiger partial charge is 0.0660 e. The van der Waals surface area contributed by atoms with Gasteiger partial charge < -0.3 is 5.32 Å². The molecule has 0 amide bonds. The zero-order chi connectivity index (χ0) is 14.3. The predicted molar refractivity (Wildman–Crippen MR) is 100.0 cm³/mol. The van der Waals surface area contributed by atoms with Gasteiger partial charge in [0.2, 0.25) is 0 Å². The normalized spacial score (nSPS) is 17.9. The minimum atomic E-state index is 0.471. The molecule has 0 spiro atoms. The van der Waals surface area contributed by atoms with E-state index in [0.717, 1.165) is 0 Å². The van der Waals surface area contributed by atoms with Crippen molar-refractivity contribution in [1.29, 1.82) is 0 Å². The zero-order valence-electron chi connectivity index (χ0n) is 11.6. The molecule has 1 heterocycles. The average Bonchev–Trinajstić information content (AvgIpc) is 2.77. The molecule has 2 aromatic rings. The molecule has 106 valence electrons. The first kappa shape index (κ1) is 14.9. The molecule has 0 saturated heterocycles. The topological polar surface area (TPSA) is 12.0 Å². The van der Waals surface area contributed by atoms with Gasteiger partial charge in [0.05, 0.1) is 8.93 Å². The number of rotatable bonds is 2. The van der Waals surface area contributed by atoms with E-state index in [0.29, 0.717) is 6.04 Å². The van der Waals surface area contributed by atoms with Gasteiger partial charge in [0.15, 0.2) is 0 Å². The van der Waals surface area contributed by atoms with Crippen molar-refractivity contribution in [2.24, 2.45) is 0 Å². The Balaban J connectivity index is 1.89. The number of thiophene rings is 1. The van der Waals surface area contributed by atoms with E-state index in [-0.39, 0.29) is 0 Å². The van der Waals surface area contributed by atoms with E-state index in [4.69, 9.17) is 0 Å². The van der Waals surface area contributed by atoms with Gasteiger partial charge in [-0.1, -0.05) is 15.9 Å². The van der Waals surface area contributed by atoms with E-state index in [1.54, 1.807) is 4.88 Å². The predicted octanol–water partition coefficient (Wildman–Crippen LogP) is 6.22. The van der Waals surface area contributed by atoms with E-state index in [1.807, 2.05) is 11.3 Å². The Labute approximate surface area is 146 Å². The third kappa shape index (κ3) is 2.92. The number of hydrogen-bond donors (Lipinski definition) is 1. The molecule has 20 heavy (non-hydrogen) atoms. The van der Waals surface area contributed by atoms with Gasteiger partial charge in [0.25, 0.3) is 0 Å². The zero-order valence-corrected chi connectivity index (χ0v) is 16.2. The molecule has 1 atom stereocenters. The summed E-state index contributed by atoms with van der Waals surface area (Å²) in [5, 5.41) is 3.74. The van der Waals surface area contributed by atoms with Crippen LogP contribution in [0.15, 0.2) is 22.7 Å². The van der Waals surface area contributed by atoms with Crippen LogP contribution in [-0.4, -0.2) is 0 Å². The highest BCUT2D eigenvalue weighted by atomic mass is 127. The van der Waals surface area contributed by atoms with Gasteiger partial charge in [0, 0.05) is 15.0 Å². The Morgan fingerprint density at radius 3 is 2.65 bits per heavy atom. The first-order valence-electron chi connectivity index (χ1n) is 6.86. The third-order valence-electron chi connectivity index (χ3n) is 3.86. The molecular weight excluding hydrogens is 445 g/mol. The highest BCUT2D eigenvalue weighted by molar-refractivity contribution is 14.1. The van der Waals surface area contributed by atoms with Crippen molar-refractivity contribution in [2.45, 2.75) is 39.2 Å². The lowest BCUT2D eigenvalue weighted by Crippen LogP contribution is -2.15. The van der Waals surface area contributed by atoms with Gasteiger partial charge in [-0.2, -0.15) is 0 Å². The number of halogens is 2. The molecular formula is C16H17BrINS. The number of nitrogens with one attached hydrogen (secondary N) is 1. The van der Waals surface area contributed by atoms with Crippen LogP contribution < -0.4 is 5.32 Å². The van der Waals surface area contributed by atoms with Crippen LogP contribution in [0.1, 0.15) is 40.5 Å². The summed E-state index contributed by atoms with van der Waals surface area (Å²) in [4.78, 5) is 1.57. The van der Waals surface area contributed by atoms with Crippen LogP contribution in [0.2, 0.25) is 0 Å². The Morgan fingerprint density at radius 2 is 1.95 bits per heavy atom. The number of benzene rings is 1. The molecule has 0 aliphatic heterocycles. The van der Waals surface area contributed by atoms with Crippen LogP contribution in [0.4, 0.5) is 5.69 Å². The van der Waals surface area contributed by atoms with E-state index in [9.17, 15) is 0 Å². The largest absolute Gasteiger partial charge is 0.378 e. The van der Waals surface area contributed by atoms with Gasteiger partial charge >= 0.3 is 0 Å². The molecule has 0 bridgehead atoms. The maximum atomic E-state index is 3.74. The molecule has 1 N–H and O–H groups in total. The number of hydrogen-bond acceptors (Lipinski definition) is 2. The number of fused-ring (bicyclic) bond motifs is 1. The summed E-state index contributed by atoms with van der Waals surface area (Å²) >= 11 is 8.03. The standard InChI is InChI=1S/C16H17BrINS/c1-9-6-11(7-10(2)16(9)17)19-13-4-3-5-14-12(13)8-15(18)20-14/h6-8,13,19H,3-5H2,1-2H3. The summed E-state index contributed by atoms with van der Waals surface area (Å²) in [7, 11) is 0. The van der Waals surface area contributed by atoms with Crippen LogP contribution >= 0.6 is 49.9 Å². The summed E-state index contributed by atoms with van der Waals surface area (Å²) < 4.78 is 2.63. The molecule has 1 aliphatic carbocycles. The van der Waals surface area contributed by atoms with Crippen LogP contribution in [-0.2, 0) is 6.42 Å². The van der Waals surface area contributed by atoms with E-state index in [1.165, 1.54) is 49.0 Å². The first-order valence-corrected chi connectivity index (χ1v) is 9.55. The molecule has 0 fully saturated rings. The van der Waals surface area contributed by atoms with Crippen LogP contribution in [0, 0.1) is 16.7 Å². The van der Waals surface area contributed by atoms with Crippen LogP contribution in [0.25, 0.3) is 0 Å². The Kier molecular flexibility index (Phi) is 4.43. The molecule has 3 rings (SSSR count). The van der Waals surface area contributed by atoms with Crippen molar-refractivity contribution in [1.82, 2.24) is 0 Å². The molecule has 1 aromatic heterocycles. The lowest BCUT2D eigenvalue weighted by molar-refractivity contribution is 0.608. The van der Waals surface area contributed by atoms with Crippen molar-refractivity contribution >= 4 is 55.5 Å². The minimum Gasteiger partial charge on any atom is -0.378 e. The van der Waals surface area contributed by atoms with Gasteiger partial charge in [-0.3, -0.25) is 0 Å². The van der Waals surface area contributed by atoms with E-state index >= 15 is 0 Å². The lowest BCUT2D eigenvalue weighted by atomic mass is 9.93. The Bertz CT molecular complexity index is 627. The summed E-state index contributed by atoms with van der Waals surface area (Å²) in [6.07, 6.45) is 3.77.